The molecule has 11 heteroatoms. The molecule has 33 heavy (non-hydrogen) atoms. The van der Waals surface area contributed by atoms with Crippen LogP contribution in [0.15, 0.2) is 70.6 Å². The van der Waals surface area contributed by atoms with Crippen LogP contribution in [0.2, 0.25) is 0 Å². The summed E-state index contributed by atoms with van der Waals surface area (Å²) in [5.41, 5.74) is 5.89. The van der Waals surface area contributed by atoms with E-state index in [0.717, 1.165) is 33.9 Å². The van der Waals surface area contributed by atoms with Gasteiger partial charge in [-0.15, -0.1) is 24.6 Å². The van der Waals surface area contributed by atoms with Crippen molar-refractivity contribution in [2.24, 2.45) is 9.98 Å². The van der Waals surface area contributed by atoms with Gasteiger partial charge in [-0.25, -0.2) is 8.39 Å². The Morgan fingerprint density at radius 3 is 1.58 bits per heavy atom. The fourth-order valence-corrected chi connectivity index (χ4v) is 2.46. The number of benzene rings is 2. The standard InChI is InChI=1S/C20H18N3.CHF3O3S.CH3.Fe/c1-15-7-3-5-9-19(15)21-13-17-11-12-18(23-17)14-22-20-10-6-4-8-16(20)2;2-1(3,4)7-8(5)6;;/h3-14H,1-2H3;(H,5,6);1H3;/q-1;;-1;+3/p-1. The SMILES string of the molecule is Cc1ccccc1N=Cc1ccc(C=Nc2ccccc2C)[n-]1.O=S([O-])OC(F)(F)F.[CH3-].[Fe+3]. The van der Waals surface area contributed by atoms with Gasteiger partial charge in [-0.2, -0.15) is 0 Å². The van der Waals surface area contributed by atoms with Crippen molar-refractivity contribution >= 4 is 35.2 Å². The summed E-state index contributed by atoms with van der Waals surface area (Å²) in [6.07, 6.45) is -1.52. The quantitative estimate of drug-likeness (QED) is 0.192. The van der Waals surface area contributed by atoms with Crippen molar-refractivity contribution in [3.05, 3.63) is 90.6 Å². The van der Waals surface area contributed by atoms with E-state index < -0.39 is 17.7 Å². The zero-order chi connectivity index (χ0) is 22.9. The number of aliphatic imine (C=N–C) groups is 2. The number of aryl methyl sites for hydroxylation is 2. The van der Waals surface area contributed by atoms with Gasteiger partial charge in [0.15, 0.2) is 0 Å². The zero-order valence-corrected chi connectivity index (χ0v) is 19.8. The third-order valence-electron chi connectivity index (χ3n) is 3.75. The van der Waals surface area contributed by atoms with E-state index in [1.54, 1.807) is 12.4 Å². The average molecular weight is 520 g/mol. The molecule has 1 atom stereocenters. The van der Waals surface area contributed by atoms with Gasteiger partial charge in [0.2, 0.25) is 0 Å². The van der Waals surface area contributed by atoms with E-state index in [4.69, 9.17) is 8.76 Å². The molecule has 0 amide bonds. The van der Waals surface area contributed by atoms with Gasteiger partial charge in [0, 0.05) is 12.4 Å². The van der Waals surface area contributed by atoms with Gasteiger partial charge in [0.25, 0.3) is 0 Å². The summed E-state index contributed by atoms with van der Waals surface area (Å²) in [6, 6.07) is 20.0. The topological polar surface area (TPSA) is 88.2 Å². The molecule has 1 aromatic heterocycles. The molecule has 1 radical (unpaired) electrons. The van der Waals surface area contributed by atoms with Crippen LogP contribution in [0.5, 0.6) is 0 Å². The van der Waals surface area contributed by atoms with Gasteiger partial charge < -0.3 is 17.0 Å². The van der Waals surface area contributed by atoms with Gasteiger partial charge in [0.1, 0.15) is 0 Å². The number of para-hydroxylation sites is 2. The molecule has 1 unspecified atom stereocenters. The van der Waals surface area contributed by atoms with E-state index in [2.05, 4.69) is 19.2 Å². The Balaban J connectivity index is 0.000000890. The summed E-state index contributed by atoms with van der Waals surface area (Å²) < 4.78 is 52.6. The monoisotopic (exact) mass is 520 g/mol. The van der Waals surface area contributed by atoms with Crippen LogP contribution in [0.1, 0.15) is 22.5 Å². The molecule has 3 aromatic rings. The van der Waals surface area contributed by atoms with E-state index in [-0.39, 0.29) is 24.5 Å². The molecule has 6 nitrogen and oxygen atoms in total. The first-order chi connectivity index (χ1) is 14.6. The number of halogens is 3. The number of aromatic nitrogens is 1. The number of hydrogen-bond donors (Lipinski definition) is 0. The van der Waals surface area contributed by atoms with Crippen LogP contribution in [0.25, 0.3) is 0 Å². The van der Waals surface area contributed by atoms with Crippen LogP contribution in [-0.4, -0.2) is 27.6 Å². The van der Waals surface area contributed by atoms with Crippen molar-refractivity contribution in [2.45, 2.75) is 20.2 Å². The fraction of sp³-hybridized carbons (Fsp3) is 0.136. The van der Waals surface area contributed by atoms with Crippen molar-refractivity contribution in [1.82, 2.24) is 4.98 Å². The van der Waals surface area contributed by atoms with E-state index in [0.29, 0.717) is 0 Å². The third kappa shape index (κ3) is 11.7. The Kier molecular flexibility index (Phi) is 13.4. The summed E-state index contributed by atoms with van der Waals surface area (Å²) in [4.78, 5) is 13.5. The Morgan fingerprint density at radius 1 is 0.879 bits per heavy atom. The molecule has 0 aliphatic rings. The summed E-state index contributed by atoms with van der Waals surface area (Å²) in [5, 5.41) is 0. The molecule has 0 bridgehead atoms. The van der Waals surface area contributed by atoms with Crippen molar-refractivity contribution in [2.75, 3.05) is 0 Å². The molecule has 0 N–H and O–H groups in total. The average Bonchev–Trinajstić information content (AvgIpc) is 3.13. The minimum atomic E-state index is -5.09. The molecule has 2 aromatic carbocycles. The van der Waals surface area contributed by atoms with Crippen LogP contribution in [0.4, 0.5) is 24.5 Å². The van der Waals surface area contributed by atoms with Crippen LogP contribution in [0.3, 0.4) is 0 Å². The van der Waals surface area contributed by atoms with Gasteiger partial charge in [0.05, 0.1) is 22.7 Å². The summed E-state index contributed by atoms with van der Waals surface area (Å²) in [7, 11) is 0. The van der Waals surface area contributed by atoms with Gasteiger partial charge in [-0.05, 0) is 37.1 Å². The molecule has 0 saturated heterocycles. The van der Waals surface area contributed by atoms with E-state index in [1.807, 2.05) is 74.5 Å². The maximum Gasteiger partial charge on any atom is 3.00 e. The molecular weight excluding hydrogens is 499 g/mol. The molecule has 0 aliphatic heterocycles. The molecule has 0 fully saturated rings. The summed E-state index contributed by atoms with van der Waals surface area (Å²) in [5.74, 6) is 0. The first-order valence-corrected chi connectivity index (χ1v) is 9.82. The Labute approximate surface area is 204 Å². The van der Waals surface area contributed by atoms with Crippen LogP contribution >= 0.6 is 0 Å². The summed E-state index contributed by atoms with van der Waals surface area (Å²) >= 11 is -3.51. The first kappa shape index (κ1) is 30.4. The second-order valence-electron chi connectivity index (χ2n) is 6.12. The minimum Gasteiger partial charge on any atom is -0.750 e. The van der Waals surface area contributed by atoms with E-state index in [1.165, 1.54) is 0 Å². The predicted molar refractivity (Wildman–Crippen MR) is 119 cm³/mol. The second kappa shape index (κ2) is 14.6. The maximum atomic E-state index is 10.7. The summed E-state index contributed by atoms with van der Waals surface area (Å²) in [6.45, 7) is 4.09. The van der Waals surface area contributed by atoms with Crippen molar-refractivity contribution in [3.8, 4) is 0 Å². The van der Waals surface area contributed by atoms with E-state index in [9.17, 15) is 13.2 Å². The number of hydrogen-bond acceptors (Lipinski definition) is 5. The van der Waals surface area contributed by atoms with Crippen molar-refractivity contribution < 1.29 is 43.2 Å². The predicted octanol–water partition coefficient (Wildman–Crippen LogP) is 5.53. The molecule has 3 rings (SSSR count). The Morgan fingerprint density at radius 2 is 1.27 bits per heavy atom. The fourth-order valence-electron chi connectivity index (χ4n) is 2.30. The minimum absolute atomic E-state index is 0. The van der Waals surface area contributed by atoms with Crippen LogP contribution < -0.4 is 4.98 Å². The van der Waals surface area contributed by atoms with Crippen molar-refractivity contribution in [1.29, 1.82) is 0 Å². The Bertz CT molecular complexity index is 1020. The number of nitrogens with zero attached hydrogens (tertiary/aromatic N) is 3. The van der Waals surface area contributed by atoms with Crippen LogP contribution in [-0.2, 0) is 32.6 Å². The maximum absolute atomic E-state index is 10.7. The molecule has 1 heterocycles. The van der Waals surface area contributed by atoms with Gasteiger partial charge in [-0.1, -0.05) is 48.5 Å². The Hall–Kier alpha value is -2.56. The second-order valence-corrected chi connectivity index (χ2v) is 6.69. The molecular formula is C22H21F3FeN3O3S. The third-order valence-corrected chi connectivity index (χ3v) is 4.07. The number of alkyl halides is 3. The molecule has 0 saturated carbocycles. The molecule has 177 valence electrons. The largest absolute Gasteiger partial charge is 3.00 e. The molecule has 0 aliphatic carbocycles. The van der Waals surface area contributed by atoms with Gasteiger partial charge in [-0.3, -0.25) is 9.98 Å². The number of rotatable bonds is 5. The molecule has 0 spiro atoms. The van der Waals surface area contributed by atoms with Crippen molar-refractivity contribution in [3.63, 3.8) is 0 Å². The van der Waals surface area contributed by atoms with E-state index >= 15 is 0 Å². The van der Waals surface area contributed by atoms with Crippen LogP contribution in [0, 0.1) is 21.3 Å². The zero-order valence-electron chi connectivity index (χ0n) is 17.9. The smallest absolute Gasteiger partial charge is 0.750 e. The normalized spacial score (nSPS) is 11.9. The van der Waals surface area contributed by atoms with Gasteiger partial charge >= 0.3 is 23.4 Å². The first-order valence-electron chi connectivity index (χ1n) is 8.82.